The highest BCUT2D eigenvalue weighted by Gasteiger charge is 2.20. The lowest BCUT2D eigenvalue weighted by atomic mass is 10.2. The van der Waals surface area contributed by atoms with Crippen LogP contribution in [0.15, 0.2) is 22.7 Å². The van der Waals surface area contributed by atoms with Crippen LogP contribution < -0.4 is 5.32 Å². The monoisotopic (exact) mass is 310 g/mol. The number of rotatable bonds is 3. The van der Waals surface area contributed by atoms with Gasteiger partial charge >= 0.3 is 0 Å². The summed E-state index contributed by atoms with van der Waals surface area (Å²) in [6.07, 6.45) is 1.20. The van der Waals surface area contributed by atoms with Crippen LogP contribution in [0, 0.1) is 12.8 Å². The molecule has 4 heteroatoms. The van der Waals surface area contributed by atoms with Crippen molar-refractivity contribution in [3.8, 4) is 0 Å². The van der Waals surface area contributed by atoms with Crippen LogP contribution in [-0.2, 0) is 4.79 Å². The van der Waals surface area contributed by atoms with E-state index in [1.54, 1.807) is 0 Å². The number of benzene rings is 1. The summed E-state index contributed by atoms with van der Waals surface area (Å²) >= 11 is 3.45. The van der Waals surface area contributed by atoms with Crippen molar-refractivity contribution in [2.24, 2.45) is 5.92 Å². The highest BCUT2D eigenvalue weighted by Crippen LogP contribution is 2.20. The molecule has 1 aromatic carbocycles. The Morgan fingerprint density at radius 3 is 2.94 bits per heavy atom. The Kier molecular flexibility index (Phi) is 4.40. The van der Waals surface area contributed by atoms with E-state index in [0.717, 1.165) is 28.8 Å². The van der Waals surface area contributed by atoms with Crippen molar-refractivity contribution in [3.63, 3.8) is 0 Å². The fraction of sp³-hybridized carbons (Fsp3) is 0.500. The molecule has 1 aliphatic rings. The van der Waals surface area contributed by atoms with Gasteiger partial charge < -0.3 is 5.32 Å². The van der Waals surface area contributed by atoms with E-state index < -0.39 is 0 Å². The number of carbonyl (C=O) groups is 1. The molecule has 1 aromatic rings. The third kappa shape index (κ3) is 3.56. The smallest absolute Gasteiger partial charge is 0.238 e. The SMILES string of the molecule is Cc1cc(NC(=O)CN2CC[C@H](C)C2)ccc1Br. The molecule has 18 heavy (non-hydrogen) atoms. The van der Waals surface area contributed by atoms with E-state index in [1.807, 2.05) is 25.1 Å². The zero-order valence-electron chi connectivity index (χ0n) is 10.9. The van der Waals surface area contributed by atoms with Gasteiger partial charge in [-0.15, -0.1) is 0 Å². The van der Waals surface area contributed by atoms with Crippen molar-refractivity contribution < 1.29 is 4.79 Å². The summed E-state index contributed by atoms with van der Waals surface area (Å²) in [6.45, 7) is 6.82. The van der Waals surface area contributed by atoms with E-state index in [-0.39, 0.29) is 5.91 Å². The van der Waals surface area contributed by atoms with Crippen molar-refractivity contribution >= 4 is 27.5 Å². The van der Waals surface area contributed by atoms with Gasteiger partial charge in [-0.3, -0.25) is 9.69 Å². The predicted molar refractivity (Wildman–Crippen MR) is 77.7 cm³/mol. The number of amides is 1. The first kappa shape index (κ1) is 13.6. The van der Waals surface area contributed by atoms with E-state index in [0.29, 0.717) is 12.5 Å². The topological polar surface area (TPSA) is 32.3 Å². The molecule has 1 heterocycles. The molecule has 3 nitrogen and oxygen atoms in total. The van der Waals surface area contributed by atoms with Crippen LogP contribution in [0.25, 0.3) is 0 Å². The third-order valence-corrected chi connectivity index (χ3v) is 4.21. The van der Waals surface area contributed by atoms with Crippen LogP contribution in [0.5, 0.6) is 0 Å². The average molecular weight is 311 g/mol. The first-order valence-corrected chi connectivity index (χ1v) is 7.12. The molecule has 2 rings (SSSR count). The number of hydrogen-bond donors (Lipinski definition) is 1. The molecule has 98 valence electrons. The molecular formula is C14H19BrN2O. The largest absolute Gasteiger partial charge is 0.325 e. The molecule has 0 bridgehead atoms. The second-order valence-electron chi connectivity index (χ2n) is 5.14. The lowest BCUT2D eigenvalue weighted by molar-refractivity contribution is -0.117. The second-order valence-corrected chi connectivity index (χ2v) is 6.00. The van der Waals surface area contributed by atoms with Crippen molar-refractivity contribution in [2.75, 3.05) is 25.0 Å². The van der Waals surface area contributed by atoms with E-state index >= 15 is 0 Å². The zero-order valence-corrected chi connectivity index (χ0v) is 12.5. The Bertz CT molecular complexity index is 447. The number of aryl methyl sites for hydroxylation is 1. The van der Waals surface area contributed by atoms with Crippen molar-refractivity contribution in [2.45, 2.75) is 20.3 Å². The Hall–Kier alpha value is -0.870. The Balaban J connectivity index is 1.89. The maximum absolute atomic E-state index is 11.9. The maximum atomic E-state index is 11.9. The predicted octanol–water partition coefficient (Wildman–Crippen LogP) is 3.04. The lowest BCUT2D eigenvalue weighted by Gasteiger charge is -2.15. The van der Waals surface area contributed by atoms with Gasteiger partial charge in [0.05, 0.1) is 6.54 Å². The summed E-state index contributed by atoms with van der Waals surface area (Å²) in [4.78, 5) is 14.1. The normalized spacial score (nSPS) is 20.1. The van der Waals surface area contributed by atoms with Gasteiger partial charge in [0.25, 0.3) is 0 Å². The van der Waals surface area contributed by atoms with Crippen LogP contribution in [0.2, 0.25) is 0 Å². The van der Waals surface area contributed by atoms with Crippen LogP contribution >= 0.6 is 15.9 Å². The standard InChI is InChI=1S/C14H19BrN2O/c1-10-5-6-17(8-10)9-14(18)16-12-3-4-13(15)11(2)7-12/h3-4,7,10H,5-6,8-9H2,1-2H3,(H,16,18)/t10-/m0/s1. The lowest BCUT2D eigenvalue weighted by Crippen LogP contribution is -2.31. The van der Waals surface area contributed by atoms with Gasteiger partial charge in [-0.2, -0.15) is 0 Å². The van der Waals surface area contributed by atoms with Gasteiger partial charge in [-0.25, -0.2) is 0 Å². The van der Waals surface area contributed by atoms with Crippen LogP contribution in [-0.4, -0.2) is 30.4 Å². The van der Waals surface area contributed by atoms with Gasteiger partial charge in [0, 0.05) is 16.7 Å². The van der Waals surface area contributed by atoms with Crippen LogP contribution in [0.3, 0.4) is 0 Å². The summed E-state index contributed by atoms with van der Waals surface area (Å²) < 4.78 is 1.06. The number of likely N-dealkylation sites (tertiary alicyclic amines) is 1. The number of carbonyl (C=O) groups excluding carboxylic acids is 1. The van der Waals surface area contributed by atoms with Gasteiger partial charge in [0.1, 0.15) is 0 Å². The molecule has 1 atom stereocenters. The minimum atomic E-state index is 0.0748. The Morgan fingerprint density at radius 2 is 2.33 bits per heavy atom. The number of halogens is 1. The molecule has 1 N–H and O–H groups in total. The molecular weight excluding hydrogens is 292 g/mol. The van der Waals surface area contributed by atoms with Gasteiger partial charge in [0.2, 0.25) is 5.91 Å². The molecule has 1 saturated heterocycles. The summed E-state index contributed by atoms with van der Waals surface area (Å²) in [7, 11) is 0. The summed E-state index contributed by atoms with van der Waals surface area (Å²) in [5, 5.41) is 2.95. The quantitative estimate of drug-likeness (QED) is 0.930. The van der Waals surface area contributed by atoms with E-state index in [2.05, 4.69) is 33.1 Å². The molecule has 1 fully saturated rings. The first-order chi connectivity index (χ1) is 8.54. The fourth-order valence-electron chi connectivity index (χ4n) is 2.30. The molecule has 0 spiro atoms. The molecule has 1 aliphatic heterocycles. The first-order valence-electron chi connectivity index (χ1n) is 6.33. The summed E-state index contributed by atoms with van der Waals surface area (Å²) in [5.74, 6) is 0.790. The molecule has 1 amide bonds. The second kappa shape index (κ2) is 5.85. The van der Waals surface area contributed by atoms with Crippen molar-refractivity contribution in [1.82, 2.24) is 4.90 Å². The number of nitrogens with zero attached hydrogens (tertiary/aromatic N) is 1. The number of anilines is 1. The highest BCUT2D eigenvalue weighted by molar-refractivity contribution is 9.10. The van der Waals surface area contributed by atoms with Gasteiger partial charge in [-0.1, -0.05) is 22.9 Å². The van der Waals surface area contributed by atoms with Crippen LogP contribution in [0.4, 0.5) is 5.69 Å². The maximum Gasteiger partial charge on any atom is 0.238 e. The zero-order chi connectivity index (χ0) is 13.1. The Morgan fingerprint density at radius 1 is 1.56 bits per heavy atom. The average Bonchev–Trinajstić information content (AvgIpc) is 2.69. The van der Waals surface area contributed by atoms with Crippen LogP contribution in [0.1, 0.15) is 18.9 Å². The molecule has 0 radical (unpaired) electrons. The summed E-state index contributed by atoms with van der Waals surface area (Å²) in [5.41, 5.74) is 2.00. The van der Waals surface area contributed by atoms with Crippen molar-refractivity contribution in [3.05, 3.63) is 28.2 Å². The van der Waals surface area contributed by atoms with Crippen molar-refractivity contribution in [1.29, 1.82) is 0 Å². The highest BCUT2D eigenvalue weighted by atomic mass is 79.9. The molecule has 0 aromatic heterocycles. The van der Waals surface area contributed by atoms with Gasteiger partial charge in [-0.05, 0) is 49.6 Å². The molecule has 0 saturated carbocycles. The van der Waals surface area contributed by atoms with E-state index in [9.17, 15) is 4.79 Å². The minimum absolute atomic E-state index is 0.0748. The van der Waals surface area contributed by atoms with Gasteiger partial charge in [0.15, 0.2) is 0 Å². The molecule has 0 unspecified atom stereocenters. The number of nitrogens with one attached hydrogen (secondary N) is 1. The number of hydrogen-bond acceptors (Lipinski definition) is 2. The Labute approximate surface area is 117 Å². The van der Waals surface area contributed by atoms with E-state index in [4.69, 9.17) is 0 Å². The fourth-order valence-corrected chi connectivity index (χ4v) is 2.54. The molecule has 0 aliphatic carbocycles. The summed E-state index contributed by atoms with van der Waals surface area (Å²) in [6, 6.07) is 5.86. The van der Waals surface area contributed by atoms with E-state index in [1.165, 1.54) is 6.42 Å². The third-order valence-electron chi connectivity index (χ3n) is 3.32. The minimum Gasteiger partial charge on any atom is -0.325 e.